The second kappa shape index (κ2) is 6.28. The van der Waals surface area contributed by atoms with Crippen LogP contribution in [0, 0.1) is 0 Å². The molecule has 1 aromatic heterocycles. The van der Waals surface area contributed by atoms with Gasteiger partial charge < -0.3 is 10.6 Å². The van der Waals surface area contributed by atoms with Crippen molar-refractivity contribution in [1.29, 1.82) is 0 Å². The number of benzene rings is 2. The summed E-state index contributed by atoms with van der Waals surface area (Å²) in [7, 11) is 0. The Morgan fingerprint density at radius 3 is 2.76 bits per heavy atom. The van der Waals surface area contributed by atoms with Crippen molar-refractivity contribution < 1.29 is 4.79 Å². The number of anilines is 2. The van der Waals surface area contributed by atoms with Crippen LogP contribution < -0.4 is 10.6 Å². The number of fused-ring (bicyclic) bond motifs is 1. The number of hydrogen-bond acceptors (Lipinski definition) is 3. The zero-order chi connectivity index (χ0) is 17.2. The van der Waals surface area contributed by atoms with E-state index >= 15 is 0 Å². The second-order valence-corrected chi connectivity index (χ2v) is 5.82. The van der Waals surface area contributed by atoms with E-state index in [4.69, 9.17) is 0 Å². The minimum atomic E-state index is -0.102. The van der Waals surface area contributed by atoms with Crippen LogP contribution in [0.5, 0.6) is 0 Å². The fourth-order valence-electron chi connectivity index (χ4n) is 3.00. The normalized spacial score (nSPS) is 14.4. The molecule has 2 aromatic carbocycles. The molecule has 3 aromatic rings. The Morgan fingerprint density at radius 2 is 1.96 bits per heavy atom. The van der Waals surface area contributed by atoms with Crippen molar-refractivity contribution in [3.8, 4) is 11.1 Å². The van der Waals surface area contributed by atoms with Gasteiger partial charge in [-0.25, -0.2) is 4.68 Å². The van der Waals surface area contributed by atoms with Gasteiger partial charge in [0.2, 0.25) is 0 Å². The number of aryl methyl sites for hydroxylation is 1. The molecule has 4 rings (SSSR count). The lowest BCUT2D eigenvalue weighted by molar-refractivity contribution is -0.110. The molecule has 5 nitrogen and oxygen atoms in total. The van der Waals surface area contributed by atoms with E-state index in [1.165, 1.54) is 0 Å². The number of aromatic nitrogens is 2. The summed E-state index contributed by atoms with van der Waals surface area (Å²) in [6, 6.07) is 18.0. The number of amides is 1. The third-order valence-corrected chi connectivity index (χ3v) is 4.29. The Morgan fingerprint density at radius 1 is 1.12 bits per heavy atom. The van der Waals surface area contributed by atoms with Crippen molar-refractivity contribution in [1.82, 2.24) is 9.78 Å². The first-order valence-electron chi connectivity index (χ1n) is 8.26. The molecule has 2 N–H and O–H groups in total. The van der Waals surface area contributed by atoms with E-state index in [-0.39, 0.29) is 5.91 Å². The van der Waals surface area contributed by atoms with Gasteiger partial charge in [0.1, 0.15) is 5.82 Å². The van der Waals surface area contributed by atoms with Gasteiger partial charge in [-0.3, -0.25) is 4.79 Å². The van der Waals surface area contributed by atoms with Gasteiger partial charge in [-0.2, -0.15) is 5.10 Å². The number of nitrogens with one attached hydrogen (secondary N) is 2. The van der Waals surface area contributed by atoms with E-state index in [2.05, 4.69) is 27.9 Å². The lowest BCUT2D eigenvalue weighted by Crippen LogP contribution is -2.07. The number of hydrogen-bond donors (Lipinski definition) is 2. The lowest BCUT2D eigenvalue weighted by atomic mass is 10.0. The van der Waals surface area contributed by atoms with E-state index in [0.717, 1.165) is 34.7 Å². The van der Waals surface area contributed by atoms with Gasteiger partial charge in [0.05, 0.1) is 11.8 Å². The smallest absolute Gasteiger partial charge is 0.257 e. The average Bonchev–Trinajstić information content (AvgIpc) is 3.23. The maximum absolute atomic E-state index is 12.4. The minimum Gasteiger partial charge on any atom is -0.346 e. The van der Waals surface area contributed by atoms with Crippen LogP contribution in [0.25, 0.3) is 16.7 Å². The highest BCUT2D eigenvalue weighted by Gasteiger charge is 2.24. The van der Waals surface area contributed by atoms with Gasteiger partial charge in [-0.1, -0.05) is 42.5 Å². The maximum atomic E-state index is 12.4. The molecule has 1 aliphatic rings. The van der Waals surface area contributed by atoms with Crippen molar-refractivity contribution in [2.45, 2.75) is 13.5 Å². The van der Waals surface area contributed by atoms with Crippen molar-refractivity contribution in [2.24, 2.45) is 0 Å². The monoisotopic (exact) mass is 330 g/mol. The first-order valence-corrected chi connectivity index (χ1v) is 8.26. The quantitative estimate of drug-likeness (QED) is 0.712. The standard InChI is InChI=1S/C20H18N4O/c1-2-24-19(10-11-22-24)21-13-17-16-9-8-15(12-18(16)23-20(17)25)14-6-4-3-5-7-14/h3-13,21H,2H2,1H3,(H,23,25)/b17-13+. The van der Waals surface area contributed by atoms with Crippen LogP contribution in [0.4, 0.5) is 11.5 Å². The average molecular weight is 330 g/mol. The molecule has 0 unspecified atom stereocenters. The molecule has 0 bridgehead atoms. The van der Waals surface area contributed by atoms with E-state index in [9.17, 15) is 4.79 Å². The maximum Gasteiger partial charge on any atom is 0.257 e. The molecule has 1 amide bonds. The Balaban J connectivity index is 1.65. The van der Waals surface area contributed by atoms with E-state index in [0.29, 0.717) is 5.57 Å². The third kappa shape index (κ3) is 2.80. The topological polar surface area (TPSA) is 59.0 Å². The molecule has 0 fully saturated rings. The van der Waals surface area contributed by atoms with E-state index in [1.807, 2.05) is 54.1 Å². The third-order valence-electron chi connectivity index (χ3n) is 4.29. The molecule has 0 saturated carbocycles. The van der Waals surface area contributed by atoms with Crippen molar-refractivity contribution in [3.63, 3.8) is 0 Å². The zero-order valence-electron chi connectivity index (χ0n) is 13.9. The first kappa shape index (κ1) is 15.2. The molecule has 5 heteroatoms. The lowest BCUT2D eigenvalue weighted by Gasteiger charge is -2.06. The molecule has 0 atom stereocenters. The second-order valence-electron chi connectivity index (χ2n) is 5.82. The molecule has 2 heterocycles. The number of carbonyl (C=O) groups excluding carboxylic acids is 1. The van der Waals surface area contributed by atoms with Crippen LogP contribution in [-0.4, -0.2) is 15.7 Å². The molecule has 25 heavy (non-hydrogen) atoms. The van der Waals surface area contributed by atoms with Crippen molar-refractivity contribution in [2.75, 3.05) is 10.6 Å². The summed E-state index contributed by atoms with van der Waals surface area (Å²) in [5, 5.41) is 10.3. The summed E-state index contributed by atoms with van der Waals surface area (Å²) in [6.45, 7) is 2.79. The van der Waals surface area contributed by atoms with Crippen LogP contribution in [-0.2, 0) is 11.3 Å². The summed E-state index contributed by atoms with van der Waals surface area (Å²) in [5.41, 5.74) is 4.57. The molecular weight excluding hydrogens is 312 g/mol. The van der Waals surface area contributed by atoms with Crippen LogP contribution >= 0.6 is 0 Å². The van der Waals surface area contributed by atoms with Crippen molar-refractivity contribution in [3.05, 3.63) is 72.6 Å². The van der Waals surface area contributed by atoms with Gasteiger partial charge in [0, 0.05) is 30.1 Å². The van der Waals surface area contributed by atoms with E-state index in [1.54, 1.807) is 12.4 Å². The highest BCUT2D eigenvalue weighted by Crippen LogP contribution is 2.35. The Kier molecular flexibility index (Phi) is 3.82. The number of nitrogens with zero attached hydrogens (tertiary/aromatic N) is 2. The van der Waals surface area contributed by atoms with Crippen molar-refractivity contribution >= 4 is 23.0 Å². The van der Waals surface area contributed by atoms with Gasteiger partial charge in [0.15, 0.2) is 0 Å². The highest BCUT2D eigenvalue weighted by atomic mass is 16.2. The first-order chi connectivity index (χ1) is 12.3. The molecule has 0 saturated heterocycles. The molecule has 1 aliphatic heterocycles. The van der Waals surface area contributed by atoms with E-state index < -0.39 is 0 Å². The molecule has 0 radical (unpaired) electrons. The van der Waals surface area contributed by atoms with Crippen LogP contribution in [0.15, 0.2) is 67.0 Å². The largest absolute Gasteiger partial charge is 0.346 e. The van der Waals surface area contributed by atoms with Crippen LogP contribution in [0.3, 0.4) is 0 Å². The van der Waals surface area contributed by atoms with Crippen LogP contribution in [0.2, 0.25) is 0 Å². The summed E-state index contributed by atoms with van der Waals surface area (Å²) in [6.07, 6.45) is 3.48. The summed E-state index contributed by atoms with van der Waals surface area (Å²) >= 11 is 0. The molecule has 0 aliphatic carbocycles. The van der Waals surface area contributed by atoms with Gasteiger partial charge in [0.25, 0.3) is 5.91 Å². The van der Waals surface area contributed by atoms with Crippen LogP contribution in [0.1, 0.15) is 12.5 Å². The highest BCUT2D eigenvalue weighted by molar-refractivity contribution is 6.31. The predicted molar refractivity (Wildman–Crippen MR) is 100 cm³/mol. The van der Waals surface area contributed by atoms with Gasteiger partial charge in [-0.15, -0.1) is 0 Å². The molecular formula is C20H18N4O. The fraction of sp³-hybridized carbons (Fsp3) is 0.100. The summed E-state index contributed by atoms with van der Waals surface area (Å²) in [5.74, 6) is 0.757. The molecule has 0 spiro atoms. The summed E-state index contributed by atoms with van der Waals surface area (Å²) in [4.78, 5) is 12.4. The Labute approximate surface area is 146 Å². The predicted octanol–water partition coefficient (Wildman–Crippen LogP) is 3.98. The Hall–Kier alpha value is -3.34. The summed E-state index contributed by atoms with van der Waals surface area (Å²) < 4.78 is 1.84. The number of carbonyl (C=O) groups is 1. The minimum absolute atomic E-state index is 0.102. The zero-order valence-corrected chi connectivity index (χ0v) is 13.9. The van der Waals surface area contributed by atoms with Gasteiger partial charge in [-0.05, 0) is 24.1 Å². The SMILES string of the molecule is CCn1nccc1N/C=C1/C(=O)Nc2cc(-c3ccccc3)ccc21. The fourth-order valence-corrected chi connectivity index (χ4v) is 3.00. The number of rotatable bonds is 4. The Bertz CT molecular complexity index is 957. The van der Waals surface area contributed by atoms with Gasteiger partial charge >= 0.3 is 0 Å². The molecule has 124 valence electrons.